The molecule has 0 saturated heterocycles. The normalized spacial score (nSPS) is 16.1. The van der Waals surface area contributed by atoms with Crippen LogP contribution in [0.1, 0.15) is 33.4 Å². The molecular formula is C32H30N2O6. The standard InChI is InChI=1S/C32H30N2O6/c1-37-23-14-9-20(10-15-23)30-29(31(35)33-21-11-18-27(39-3)28(19-21)40-4)25-7-5-6-8-26(25)32(36)34(30)22-12-16-24(38-2)17-13-22/h5-19,29-30H,1-4H3,(H,33,35)/t29-,30-/m1/s1. The lowest BCUT2D eigenvalue weighted by Crippen LogP contribution is -2.46. The van der Waals surface area contributed by atoms with Gasteiger partial charge in [-0.05, 0) is 65.7 Å². The molecule has 40 heavy (non-hydrogen) atoms. The van der Waals surface area contributed by atoms with E-state index >= 15 is 0 Å². The maximum absolute atomic E-state index is 14.2. The number of nitrogens with one attached hydrogen (secondary N) is 1. The Balaban J connectivity index is 1.65. The zero-order valence-electron chi connectivity index (χ0n) is 22.7. The van der Waals surface area contributed by atoms with Gasteiger partial charge in [0.2, 0.25) is 5.91 Å². The van der Waals surface area contributed by atoms with Crippen LogP contribution in [0.4, 0.5) is 11.4 Å². The molecule has 2 amide bonds. The lowest BCUT2D eigenvalue weighted by atomic mass is 9.78. The fraction of sp³-hybridized carbons (Fsp3) is 0.188. The molecule has 204 valence electrons. The van der Waals surface area contributed by atoms with E-state index in [-0.39, 0.29) is 11.8 Å². The number of amides is 2. The Morgan fingerprint density at radius 3 is 1.98 bits per heavy atom. The molecule has 5 rings (SSSR count). The highest BCUT2D eigenvalue weighted by Crippen LogP contribution is 2.46. The minimum Gasteiger partial charge on any atom is -0.497 e. The number of hydrogen-bond donors (Lipinski definition) is 1. The zero-order chi connectivity index (χ0) is 28.2. The van der Waals surface area contributed by atoms with Crippen LogP contribution < -0.4 is 29.2 Å². The Morgan fingerprint density at radius 2 is 1.35 bits per heavy atom. The van der Waals surface area contributed by atoms with Gasteiger partial charge in [0.25, 0.3) is 5.91 Å². The van der Waals surface area contributed by atoms with E-state index in [0.29, 0.717) is 45.5 Å². The first-order valence-electron chi connectivity index (χ1n) is 12.7. The fourth-order valence-corrected chi connectivity index (χ4v) is 5.12. The number of anilines is 2. The van der Waals surface area contributed by atoms with Gasteiger partial charge in [0.1, 0.15) is 11.5 Å². The van der Waals surface area contributed by atoms with Crippen molar-refractivity contribution in [3.8, 4) is 23.0 Å². The Kier molecular flexibility index (Phi) is 7.59. The van der Waals surface area contributed by atoms with Crippen LogP contribution in [0.3, 0.4) is 0 Å². The monoisotopic (exact) mass is 538 g/mol. The van der Waals surface area contributed by atoms with Crippen molar-refractivity contribution in [1.29, 1.82) is 0 Å². The van der Waals surface area contributed by atoms with Crippen LogP contribution in [0.5, 0.6) is 23.0 Å². The van der Waals surface area contributed by atoms with Crippen LogP contribution in [-0.4, -0.2) is 40.3 Å². The summed E-state index contributed by atoms with van der Waals surface area (Å²) >= 11 is 0. The number of nitrogens with zero attached hydrogens (tertiary/aromatic N) is 1. The van der Waals surface area contributed by atoms with Gasteiger partial charge in [0.15, 0.2) is 11.5 Å². The molecule has 0 unspecified atom stereocenters. The molecular weight excluding hydrogens is 508 g/mol. The topological polar surface area (TPSA) is 86.3 Å². The maximum atomic E-state index is 14.2. The van der Waals surface area contributed by atoms with Crippen LogP contribution in [0.15, 0.2) is 91.0 Å². The summed E-state index contributed by atoms with van der Waals surface area (Å²) < 4.78 is 21.5. The van der Waals surface area contributed by atoms with Gasteiger partial charge < -0.3 is 24.3 Å². The summed E-state index contributed by atoms with van der Waals surface area (Å²) in [5, 5.41) is 3.05. The quantitative estimate of drug-likeness (QED) is 0.303. The molecule has 1 aliphatic heterocycles. The van der Waals surface area contributed by atoms with Crippen molar-refractivity contribution in [2.75, 3.05) is 38.7 Å². The Hall–Kier alpha value is -4.98. The van der Waals surface area contributed by atoms with Crippen molar-refractivity contribution in [2.45, 2.75) is 12.0 Å². The van der Waals surface area contributed by atoms with Crippen molar-refractivity contribution in [2.24, 2.45) is 0 Å². The first-order valence-corrected chi connectivity index (χ1v) is 12.7. The summed E-state index contributed by atoms with van der Waals surface area (Å²) in [6.07, 6.45) is 0. The highest BCUT2D eigenvalue weighted by Gasteiger charge is 2.45. The van der Waals surface area contributed by atoms with Crippen LogP contribution in [-0.2, 0) is 4.79 Å². The van der Waals surface area contributed by atoms with Crippen LogP contribution >= 0.6 is 0 Å². The molecule has 0 aromatic heterocycles. The van der Waals surface area contributed by atoms with E-state index in [2.05, 4.69) is 5.32 Å². The Bertz CT molecular complexity index is 1520. The van der Waals surface area contributed by atoms with Crippen LogP contribution in [0, 0.1) is 0 Å². The second-order valence-corrected chi connectivity index (χ2v) is 9.22. The third kappa shape index (κ3) is 4.91. The Labute approximate surface area is 233 Å². The highest BCUT2D eigenvalue weighted by molar-refractivity contribution is 6.12. The highest BCUT2D eigenvalue weighted by atomic mass is 16.5. The lowest BCUT2D eigenvalue weighted by Gasteiger charge is -2.42. The summed E-state index contributed by atoms with van der Waals surface area (Å²) in [7, 11) is 6.28. The van der Waals surface area contributed by atoms with Gasteiger partial charge in [-0.1, -0.05) is 30.3 Å². The number of methoxy groups -OCH3 is 4. The third-order valence-corrected chi connectivity index (χ3v) is 7.08. The van der Waals surface area contributed by atoms with Crippen molar-refractivity contribution in [3.05, 3.63) is 108 Å². The predicted molar refractivity (Wildman–Crippen MR) is 153 cm³/mol. The molecule has 0 radical (unpaired) electrons. The average Bonchev–Trinajstić information content (AvgIpc) is 3.01. The van der Waals surface area contributed by atoms with Crippen molar-refractivity contribution in [1.82, 2.24) is 0 Å². The molecule has 0 spiro atoms. The number of carbonyl (C=O) groups excluding carboxylic acids is 2. The molecule has 4 aromatic rings. The second kappa shape index (κ2) is 11.4. The molecule has 8 nitrogen and oxygen atoms in total. The SMILES string of the molecule is COc1ccc([C@@H]2[C@H](C(=O)Nc3ccc(OC)c(OC)c3)c3ccccc3C(=O)N2c2ccc(OC)cc2)cc1. The summed E-state index contributed by atoms with van der Waals surface area (Å²) in [5.74, 6) is 1.17. The summed E-state index contributed by atoms with van der Waals surface area (Å²) in [6.45, 7) is 0. The minimum atomic E-state index is -0.738. The maximum Gasteiger partial charge on any atom is 0.259 e. The summed E-state index contributed by atoms with van der Waals surface area (Å²) in [4.78, 5) is 30.0. The second-order valence-electron chi connectivity index (χ2n) is 9.22. The van der Waals surface area contributed by atoms with Crippen molar-refractivity contribution >= 4 is 23.2 Å². The number of ether oxygens (including phenoxy) is 4. The molecule has 0 bridgehead atoms. The third-order valence-electron chi connectivity index (χ3n) is 7.08. The van der Waals surface area contributed by atoms with E-state index in [4.69, 9.17) is 18.9 Å². The molecule has 2 atom stereocenters. The van der Waals surface area contributed by atoms with Crippen molar-refractivity contribution in [3.63, 3.8) is 0 Å². The molecule has 0 fully saturated rings. The molecule has 1 aliphatic rings. The van der Waals surface area contributed by atoms with Crippen LogP contribution in [0.25, 0.3) is 0 Å². The van der Waals surface area contributed by atoms with Gasteiger partial charge in [0.05, 0.1) is 40.4 Å². The van der Waals surface area contributed by atoms with E-state index in [1.807, 2.05) is 48.5 Å². The molecule has 1 heterocycles. The van der Waals surface area contributed by atoms with E-state index < -0.39 is 12.0 Å². The first kappa shape index (κ1) is 26.6. The summed E-state index contributed by atoms with van der Waals surface area (Å²) in [5.41, 5.74) is 3.09. The predicted octanol–water partition coefficient (Wildman–Crippen LogP) is 5.85. The van der Waals surface area contributed by atoms with E-state index in [1.54, 1.807) is 75.8 Å². The van der Waals surface area contributed by atoms with E-state index in [9.17, 15) is 9.59 Å². The average molecular weight is 539 g/mol. The molecule has 8 heteroatoms. The van der Waals surface area contributed by atoms with Gasteiger partial charge >= 0.3 is 0 Å². The van der Waals surface area contributed by atoms with E-state index in [1.165, 1.54) is 0 Å². The Morgan fingerprint density at radius 1 is 0.725 bits per heavy atom. The number of benzene rings is 4. The minimum absolute atomic E-state index is 0.197. The molecule has 1 N–H and O–H groups in total. The van der Waals surface area contributed by atoms with Gasteiger partial charge in [-0.15, -0.1) is 0 Å². The molecule has 0 saturated carbocycles. The number of fused-ring (bicyclic) bond motifs is 1. The van der Waals surface area contributed by atoms with Gasteiger partial charge in [0, 0.05) is 23.0 Å². The lowest BCUT2D eigenvalue weighted by molar-refractivity contribution is -0.118. The van der Waals surface area contributed by atoms with E-state index in [0.717, 1.165) is 5.56 Å². The van der Waals surface area contributed by atoms with Gasteiger partial charge in [-0.2, -0.15) is 0 Å². The number of hydrogen-bond acceptors (Lipinski definition) is 6. The van der Waals surface area contributed by atoms with Crippen LogP contribution in [0.2, 0.25) is 0 Å². The van der Waals surface area contributed by atoms with Crippen molar-refractivity contribution < 1.29 is 28.5 Å². The largest absolute Gasteiger partial charge is 0.497 e. The van der Waals surface area contributed by atoms with Gasteiger partial charge in [-0.25, -0.2) is 0 Å². The first-order chi connectivity index (χ1) is 19.5. The van der Waals surface area contributed by atoms with Gasteiger partial charge in [-0.3, -0.25) is 14.5 Å². The summed E-state index contributed by atoms with van der Waals surface area (Å²) in [6, 6.07) is 26.5. The molecule has 4 aromatic carbocycles. The fourth-order valence-electron chi connectivity index (χ4n) is 5.12. The smallest absolute Gasteiger partial charge is 0.259 e. The zero-order valence-corrected chi connectivity index (χ0v) is 22.7. The number of rotatable bonds is 8. The molecule has 0 aliphatic carbocycles. The number of carbonyl (C=O) groups is 2.